The molecule has 19 heavy (non-hydrogen) atoms. The number of benzene rings is 1. The van der Waals surface area contributed by atoms with Gasteiger partial charge in [0.25, 0.3) is 0 Å². The van der Waals surface area contributed by atoms with Gasteiger partial charge in [0.05, 0.1) is 15.9 Å². The molecule has 3 nitrogen and oxygen atoms in total. The molecule has 0 saturated heterocycles. The smallest absolute Gasteiger partial charge is 0.0739 e. The van der Waals surface area contributed by atoms with Crippen LogP contribution in [0.3, 0.4) is 0 Å². The van der Waals surface area contributed by atoms with Gasteiger partial charge < -0.3 is 5.73 Å². The van der Waals surface area contributed by atoms with Gasteiger partial charge in [-0.15, -0.1) is 11.8 Å². The Morgan fingerprint density at radius 2 is 2.11 bits per heavy atom. The normalized spacial score (nSPS) is 10.9. The maximum Gasteiger partial charge on any atom is 0.0739 e. The third-order valence-electron chi connectivity index (χ3n) is 3.07. The van der Waals surface area contributed by atoms with Crippen LogP contribution in [0.5, 0.6) is 0 Å². The number of rotatable bonds is 4. The SMILES string of the molecule is CCn1nc(C)c(Br)c1CSc1ccc(N)c(C)c1. The number of nitrogens with two attached hydrogens (primary N) is 1. The van der Waals surface area contributed by atoms with Crippen molar-refractivity contribution in [2.24, 2.45) is 0 Å². The van der Waals surface area contributed by atoms with Gasteiger partial charge in [0.1, 0.15) is 0 Å². The minimum Gasteiger partial charge on any atom is -0.399 e. The van der Waals surface area contributed by atoms with E-state index in [0.29, 0.717) is 0 Å². The molecule has 1 aromatic heterocycles. The van der Waals surface area contributed by atoms with Gasteiger partial charge in [-0.25, -0.2) is 0 Å². The van der Waals surface area contributed by atoms with E-state index < -0.39 is 0 Å². The molecular weight excluding hydrogens is 322 g/mol. The van der Waals surface area contributed by atoms with Crippen LogP contribution in [-0.4, -0.2) is 9.78 Å². The first-order valence-electron chi connectivity index (χ1n) is 6.23. The van der Waals surface area contributed by atoms with E-state index in [2.05, 4.69) is 44.8 Å². The second-order valence-corrected chi connectivity index (χ2v) is 6.31. The molecular formula is C14H18BrN3S. The van der Waals surface area contributed by atoms with Crippen molar-refractivity contribution in [3.63, 3.8) is 0 Å². The number of thioether (sulfide) groups is 1. The molecule has 0 unspecified atom stereocenters. The molecule has 5 heteroatoms. The van der Waals surface area contributed by atoms with Crippen molar-refractivity contribution < 1.29 is 0 Å². The van der Waals surface area contributed by atoms with Crippen LogP contribution in [0.2, 0.25) is 0 Å². The lowest BCUT2D eigenvalue weighted by Gasteiger charge is -2.07. The van der Waals surface area contributed by atoms with Crippen molar-refractivity contribution >= 4 is 33.4 Å². The molecule has 0 aliphatic carbocycles. The number of aromatic nitrogens is 2. The average Bonchev–Trinajstić information content (AvgIpc) is 2.67. The summed E-state index contributed by atoms with van der Waals surface area (Å²) in [7, 11) is 0. The Morgan fingerprint density at radius 1 is 1.37 bits per heavy atom. The van der Waals surface area contributed by atoms with Crippen molar-refractivity contribution in [3.05, 3.63) is 39.6 Å². The molecule has 2 rings (SSSR count). The third kappa shape index (κ3) is 3.15. The summed E-state index contributed by atoms with van der Waals surface area (Å²) in [6.45, 7) is 7.07. The molecule has 0 fully saturated rings. The van der Waals surface area contributed by atoms with Gasteiger partial charge in [-0.2, -0.15) is 5.10 Å². The molecule has 0 aliphatic heterocycles. The number of hydrogen-bond acceptors (Lipinski definition) is 3. The van der Waals surface area contributed by atoms with E-state index in [-0.39, 0.29) is 0 Å². The monoisotopic (exact) mass is 339 g/mol. The molecule has 0 amide bonds. The second-order valence-electron chi connectivity index (χ2n) is 4.47. The Kier molecular flexibility index (Phi) is 4.58. The van der Waals surface area contributed by atoms with Gasteiger partial charge in [0, 0.05) is 22.9 Å². The summed E-state index contributed by atoms with van der Waals surface area (Å²) in [5, 5.41) is 4.51. The zero-order valence-electron chi connectivity index (χ0n) is 11.4. The van der Waals surface area contributed by atoms with Gasteiger partial charge in [-0.3, -0.25) is 4.68 Å². The first kappa shape index (κ1) is 14.5. The molecule has 0 saturated carbocycles. The Bertz CT molecular complexity index is 593. The van der Waals surface area contributed by atoms with E-state index in [0.717, 1.165) is 33.7 Å². The van der Waals surface area contributed by atoms with Gasteiger partial charge in [0.15, 0.2) is 0 Å². The van der Waals surface area contributed by atoms with Gasteiger partial charge in [-0.1, -0.05) is 0 Å². The molecule has 2 N–H and O–H groups in total. The number of anilines is 1. The lowest BCUT2D eigenvalue weighted by molar-refractivity contribution is 0.631. The first-order chi connectivity index (χ1) is 9.02. The largest absolute Gasteiger partial charge is 0.399 e. The van der Waals surface area contributed by atoms with E-state index in [9.17, 15) is 0 Å². The highest BCUT2D eigenvalue weighted by molar-refractivity contribution is 9.10. The Hall–Kier alpha value is -0.940. The van der Waals surface area contributed by atoms with Gasteiger partial charge >= 0.3 is 0 Å². The van der Waals surface area contributed by atoms with Crippen LogP contribution in [0, 0.1) is 13.8 Å². The summed E-state index contributed by atoms with van der Waals surface area (Å²) in [5.41, 5.74) is 10.1. The fourth-order valence-corrected chi connectivity index (χ4v) is 3.53. The molecule has 1 heterocycles. The zero-order valence-corrected chi connectivity index (χ0v) is 13.8. The maximum atomic E-state index is 5.84. The molecule has 0 bridgehead atoms. The fraction of sp³-hybridized carbons (Fsp3) is 0.357. The molecule has 0 radical (unpaired) electrons. The Balaban J connectivity index is 2.16. The number of halogens is 1. The summed E-state index contributed by atoms with van der Waals surface area (Å²) in [6.07, 6.45) is 0. The number of aryl methyl sites for hydroxylation is 3. The van der Waals surface area contributed by atoms with Crippen molar-refractivity contribution in [2.75, 3.05) is 5.73 Å². The van der Waals surface area contributed by atoms with Gasteiger partial charge in [-0.05, 0) is 60.5 Å². The lowest BCUT2D eigenvalue weighted by atomic mass is 10.2. The lowest BCUT2D eigenvalue weighted by Crippen LogP contribution is -2.01. The van der Waals surface area contributed by atoms with Crippen molar-refractivity contribution in [1.29, 1.82) is 0 Å². The van der Waals surface area contributed by atoms with Crippen molar-refractivity contribution in [2.45, 2.75) is 38.0 Å². The molecule has 0 spiro atoms. The summed E-state index contributed by atoms with van der Waals surface area (Å²) in [4.78, 5) is 1.24. The summed E-state index contributed by atoms with van der Waals surface area (Å²) < 4.78 is 3.17. The van der Waals surface area contributed by atoms with Crippen molar-refractivity contribution in [1.82, 2.24) is 9.78 Å². The molecule has 0 aliphatic rings. The Morgan fingerprint density at radius 3 is 2.74 bits per heavy atom. The number of hydrogen-bond donors (Lipinski definition) is 1. The van der Waals surface area contributed by atoms with Crippen LogP contribution in [0.25, 0.3) is 0 Å². The fourth-order valence-electron chi connectivity index (χ4n) is 1.90. The topological polar surface area (TPSA) is 43.8 Å². The zero-order chi connectivity index (χ0) is 14.0. The Labute approximate surface area is 126 Å². The van der Waals surface area contributed by atoms with Crippen LogP contribution in [-0.2, 0) is 12.3 Å². The average molecular weight is 340 g/mol. The standard InChI is InChI=1S/C14H18BrN3S/c1-4-18-13(14(15)10(3)17-18)8-19-11-5-6-12(16)9(2)7-11/h5-7H,4,8,16H2,1-3H3. The highest BCUT2D eigenvalue weighted by Crippen LogP contribution is 2.30. The molecule has 2 aromatic rings. The minimum absolute atomic E-state index is 0.847. The third-order valence-corrected chi connectivity index (χ3v) is 5.11. The van der Waals surface area contributed by atoms with Crippen LogP contribution >= 0.6 is 27.7 Å². The number of nitrogen functional groups attached to an aromatic ring is 1. The first-order valence-corrected chi connectivity index (χ1v) is 8.01. The van der Waals surface area contributed by atoms with E-state index in [1.54, 1.807) is 0 Å². The van der Waals surface area contributed by atoms with Crippen LogP contribution in [0.15, 0.2) is 27.6 Å². The quantitative estimate of drug-likeness (QED) is 0.671. The predicted molar refractivity (Wildman–Crippen MR) is 85.5 cm³/mol. The summed E-state index contributed by atoms with van der Waals surface area (Å²) >= 11 is 5.43. The highest BCUT2D eigenvalue weighted by Gasteiger charge is 2.12. The summed E-state index contributed by atoms with van der Waals surface area (Å²) in [6, 6.07) is 6.17. The number of nitrogens with zero attached hydrogens (tertiary/aromatic N) is 2. The molecule has 102 valence electrons. The minimum atomic E-state index is 0.847. The van der Waals surface area contributed by atoms with Crippen molar-refractivity contribution in [3.8, 4) is 0 Å². The summed E-state index contributed by atoms with van der Waals surface area (Å²) in [5.74, 6) is 0.901. The van der Waals surface area contributed by atoms with Crippen LogP contribution in [0.1, 0.15) is 23.9 Å². The van der Waals surface area contributed by atoms with E-state index in [4.69, 9.17) is 5.73 Å². The van der Waals surface area contributed by atoms with Crippen LogP contribution in [0.4, 0.5) is 5.69 Å². The maximum absolute atomic E-state index is 5.84. The molecule has 0 atom stereocenters. The van der Waals surface area contributed by atoms with E-state index >= 15 is 0 Å². The van der Waals surface area contributed by atoms with Gasteiger partial charge in [0.2, 0.25) is 0 Å². The molecule has 1 aromatic carbocycles. The van der Waals surface area contributed by atoms with Crippen LogP contribution < -0.4 is 5.73 Å². The van der Waals surface area contributed by atoms with E-state index in [1.165, 1.54) is 10.6 Å². The van der Waals surface area contributed by atoms with E-state index in [1.807, 2.05) is 31.7 Å². The second kappa shape index (κ2) is 6.01. The predicted octanol–water partition coefficient (Wildman–Crippen LogP) is 4.16. The highest BCUT2D eigenvalue weighted by atomic mass is 79.9.